The number of nitrogens with zero attached hydrogens (tertiary/aromatic N) is 1. The van der Waals surface area contributed by atoms with Crippen LogP contribution in [0.2, 0.25) is 0 Å². The number of hydrogen-bond donors (Lipinski definition) is 5. The van der Waals surface area contributed by atoms with Gasteiger partial charge in [-0.05, 0) is 50.0 Å². The van der Waals surface area contributed by atoms with Gasteiger partial charge in [0.05, 0.1) is 0 Å². The Morgan fingerprint density at radius 3 is 2.71 bits per heavy atom. The van der Waals surface area contributed by atoms with Crippen LogP contribution in [0.1, 0.15) is 38.7 Å². The lowest BCUT2D eigenvalue weighted by molar-refractivity contribution is 0.622. The van der Waals surface area contributed by atoms with E-state index in [-0.39, 0.29) is 0 Å². The molecule has 0 aliphatic rings. The van der Waals surface area contributed by atoms with Gasteiger partial charge in [0, 0.05) is 22.2 Å². The second kappa shape index (κ2) is 9.49. The fourth-order valence-corrected chi connectivity index (χ4v) is 2.67. The van der Waals surface area contributed by atoms with Crippen LogP contribution in [0.3, 0.4) is 0 Å². The smallest absolute Gasteiger partial charge is 0.154 e. The Kier molecular flexibility index (Phi) is 7.96. The maximum Gasteiger partial charge on any atom is 0.154 e. The lowest BCUT2D eigenvalue weighted by atomic mass is 10.1. The molecule has 1 rings (SSSR count). The van der Waals surface area contributed by atoms with E-state index in [0.717, 1.165) is 35.4 Å². The molecule has 1 atom stereocenters. The maximum atomic E-state index is 6.00. The fraction of sp³-hybridized carbons (Fsp3) is 0.500. The molecular weight excluding hydrogens is 284 g/mol. The second-order valence-corrected chi connectivity index (χ2v) is 5.76. The quantitative estimate of drug-likeness (QED) is 0.157. The monoisotopic (exact) mass is 310 g/mol. The summed E-state index contributed by atoms with van der Waals surface area (Å²) in [5.74, 6) is 5.60. The summed E-state index contributed by atoms with van der Waals surface area (Å²) in [5, 5.41) is 7.44. The van der Waals surface area contributed by atoms with Crippen molar-refractivity contribution in [3.8, 4) is 0 Å². The Bertz CT molecular complexity index is 463. The minimum atomic E-state index is 0.366. The zero-order valence-corrected chi connectivity index (χ0v) is 13.8. The SMILES string of the molecule is CCCC(CC)Nc1ccc(SNC)cc1/C(N)=N/NN. The zero-order valence-electron chi connectivity index (χ0n) is 12.9. The van der Waals surface area contributed by atoms with Gasteiger partial charge in [-0.2, -0.15) is 0 Å². The molecule has 0 aromatic heterocycles. The first-order chi connectivity index (χ1) is 10.2. The normalized spacial score (nSPS) is 13.0. The molecule has 0 saturated carbocycles. The van der Waals surface area contributed by atoms with Gasteiger partial charge >= 0.3 is 0 Å². The van der Waals surface area contributed by atoms with Crippen molar-refractivity contribution in [2.24, 2.45) is 16.7 Å². The maximum absolute atomic E-state index is 6.00. The molecule has 0 heterocycles. The number of nitrogens with two attached hydrogens (primary N) is 2. The molecule has 0 bridgehead atoms. The highest BCUT2D eigenvalue weighted by Gasteiger charge is 2.12. The number of anilines is 1. The highest BCUT2D eigenvalue weighted by Crippen LogP contribution is 2.24. The van der Waals surface area contributed by atoms with Crippen LogP contribution in [0.4, 0.5) is 5.69 Å². The molecule has 1 unspecified atom stereocenters. The van der Waals surface area contributed by atoms with Crippen LogP contribution in [0.5, 0.6) is 0 Å². The lowest BCUT2D eigenvalue weighted by Gasteiger charge is -2.20. The molecule has 118 valence electrons. The predicted molar refractivity (Wildman–Crippen MR) is 92.0 cm³/mol. The van der Waals surface area contributed by atoms with E-state index in [9.17, 15) is 0 Å². The van der Waals surface area contributed by atoms with Crippen LogP contribution in [0.15, 0.2) is 28.2 Å². The largest absolute Gasteiger partial charge is 0.382 e. The van der Waals surface area contributed by atoms with Crippen molar-refractivity contribution >= 4 is 23.5 Å². The molecule has 0 radical (unpaired) electrons. The van der Waals surface area contributed by atoms with E-state index in [4.69, 9.17) is 11.6 Å². The van der Waals surface area contributed by atoms with Crippen molar-refractivity contribution in [3.05, 3.63) is 23.8 Å². The summed E-state index contributed by atoms with van der Waals surface area (Å²) >= 11 is 1.53. The number of hydrazine groups is 1. The number of nitrogens with one attached hydrogen (secondary N) is 3. The Balaban J connectivity index is 3.08. The van der Waals surface area contributed by atoms with Gasteiger partial charge in [0.2, 0.25) is 0 Å². The molecule has 1 aromatic rings. The third kappa shape index (κ3) is 5.45. The number of hydrazone groups is 1. The van der Waals surface area contributed by atoms with Gasteiger partial charge in [-0.3, -0.25) is 4.72 Å². The average molecular weight is 310 g/mol. The number of hydrogen-bond acceptors (Lipinski definition) is 6. The van der Waals surface area contributed by atoms with Crippen LogP contribution in [-0.2, 0) is 0 Å². The first-order valence-electron chi connectivity index (χ1n) is 7.19. The average Bonchev–Trinajstić information content (AvgIpc) is 2.48. The Morgan fingerprint density at radius 2 is 2.14 bits per heavy atom. The number of amidine groups is 1. The van der Waals surface area contributed by atoms with Crippen LogP contribution < -0.4 is 27.2 Å². The summed E-state index contributed by atoms with van der Waals surface area (Å²) in [4.78, 5) is 1.07. The van der Waals surface area contributed by atoms with Gasteiger partial charge in [0.15, 0.2) is 5.84 Å². The highest BCUT2D eigenvalue weighted by molar-refractivity contribution is 7.97. The predicted octanol–water partition coefficient (Wildman–Crippen LogP) is 1.99. The standard InChI is InChI=1S/C14H26N6S/c1-4-6-10(5-2)18-13-8-7-11(21-17-3)9-12(13)14(15)19-20-16/h7-10,17-18,20H,4-6,16H2,1-3H3,(H2,15,19). The lowest BCUT2D eigenvalue weighted by Crippen LogP contribution is -2.26. The van der Waals surface area contributed by atoms with Crippen LogP contribution in [0, 0.1) is 0 Å². The van der Waals surface area contributed by atoms with Gasteiger partial charge in [-0.15, -0.1) is 5.10 Å². The fourth-order valence-electron chi connectivity index (χ4n) is 2.12. The van der Waals surface area contributed by atoms with Crippen LogP contribution in [0.25, 0.3) is 0 Å². The van der Waals surface area contributed by atoms with Gasteiger partial charge < -0.3 is 11.1 Å². The van der Waals surface area contributed by atoms with E-state index in [2.05, 4.69) is 40.6 Å². The van der Waals surface area contributed by atoms with Crippen molar-refractivity contribution in [1.29, 1.82) is 0 Å². The van der Waals surface area contributed by atoms with Crippen molar-refractivity contribution in [1.82, 2.24) is 10.3 Å². The van der Waals surface area contributed by atoms with E-state index < -0.39 is 0 Å². The number of rotatable bonds is 9. The summed E-state index contributed by atoms with van der Waals surface area (Å²) in [7, 11) is 1.88. The van der Waals surface area contributed by atoms with Gasteiger partial charge in [-0.25, -0.2) is 11.4 Å². The molecular formula is C14H26N6S. The summed E-state index contributed by atoms with van der Waals surface area (Å²) in [5.41, 5.74) is 10.1. The second-order valence-electron chi connectivity index (χ2n) is 4.68. The first kappa shape index (κ1) is 17.6. The Hall–Kier alpha value is -1.44. The Labute approximate surface area is 131 Å². The topological polar surface area (TPSA) is 100 Å². The molecule has 0 saturated heterocycles. The molecule has 0 aliphatic heterocycles. The minimum absolute atomic E-state index is 0.366. The van der Waals surface area contributed by atoms with Crippen LogP contribution >= 0.6 is 11.9 Å². The third-order valence-electron chi connectivity index (χ3n) is 3.16. The van der Waals surface area contributed by atoms with Crippen molar-refractivity contribution in [3.63, 3.8) is 0 Å². The van der Waals surface area contributed by atoms with Gasteiger partial charge in [0.1, 0.15) is 0 Å². The third-order valence-corrected chi connectivity index (χ3v) is 3.86. The van der Waals surface area contributed by atoms with Gasteiger partial charge in [0.25, 0.3) is 0 Å². The van der Waals surface area contributed by atoms with Crippen molar-refractivity contribution in [2.45, 2.75) is 44.0 Å². The summed E-state index contributed by atoms with van der Waals surface area (Å²) < 4.78 is 3.05. The van der Waals surface area contributed by atoms with E-state index in [0.29, 0.717) is 11.9 Å². The zero-order chi connectivity index (χ0) is 15.7. The summed E-state index contributed by atoms with van der Waals surface area (Å²) in [6, 6.07) is 6.51. The van der Waals surface area contributed by atoms with Crippen LogP contribution in [-0.4, -0.2) is 18.9 Å². The highest BCUT2D eigenvalue weighted by atomic mass is 32.2. The summed E-state index contributed by atoms with van der Waals surface area (Å²) in [6.07, 6.45) is 3.32. The molecule has 7 heteroatoms. The molecule has 1 aromatic carbocycles. The summed E-state index contributed by atoms with van der Waals surface area (Å²) in [6.45, 7) is 4.36. The van der Waals surface area contributed by atoms with Crippen molar-refractivity contribution in [2.75, 3.05) is 12.4 Å². The van der Waals surface area contributed by atoms with E-state index in [1.54, 1.807) is 0 Å². The molecule has 21 heavy (non-hydrogen) atoms. The van der Waals surface area contributed by atoms with E-state index in [1.165, 1.54) is 11.9 Å². The number of benzene rings is 1. The van der Waals surface area contributed by atoms with Crippen molar-refractivity contribution < 1.29 is 0 Å². The first-order valence-corrected chi connectivity index (χ1v) is 8.01. The molecule has 0 aliphatic carbocycles. The Morgan fingerprint density at radius 1 is 1.38 bits per heavy atom. The van der Waals surface area contributed by atoms with E-state index >= 15 is 0 Å². The molecule has 6 nitrogen and oxygen atoms in total. The molecule has 0 spiro atoms. The molecule has 0 fully saturated rings. The molecule has 7 N–H and O–H groups in total. The molecule has 0 amide bonds. The van der Waals surface area contributed by atoms with E-state index in [1.807, 2.05) is 19.2 Å². The minimum Gasteiger partial charge on any atom is -0.382 e. The van der Waals surface area contributed by atoms with Gasteiger partial charge in [-0.1, -0.05) is 20.3 Å².